The quantitative estimate of drug-likeness (QED) is 0.286. The maximum Gasteiger partial charge on any atom is 0.433 e. The van der Waals surface area contributed by atoms with Crippen LogP contribution in [0.2, 0.25) is 0 Å². The van der Waals surface area contributed by atoms with Crippen LogP contribution in [0.25, 0.3) is 10.8 Å². The van der Waals surface area contributed by atoms with E-state index in [2.05, 4.69) is 36.4 Å². The number of amides is 2. The fourth-order valence-corrected chi connectivity index (χ4v) is 3.87. The average molecular weight is 626 g/mol. The molecular formula is C27H31BrF3N5O4. The number of hydrogen-bond donors (Lipinski definition) is 1. The fraction of sp³-hybridized carbons (Fsp3) is 0.444. The molecule has 0 spiro atoms. The number of imide groups is 1. The molecule has 0 bridgehead atoms. The van der Waals surface area contributed by atoms with E-state index in [1.54, 1.807) is 54.7 Å². The van der Waals surface area contributed by atoms with Gasteiger partial charge in [0, 0.05) is 16.1 Å². The molecule has 9 nitrogen and oxygen atoms in total. The zero-order valence-electron chi connectivity index (χ0n) is 23.2. The van der Waals surface area contributed by atoms with Gasteiger partial charge in [0.05, 0.1) is 23.6 Å². The predicted molar refractivity (Wildman–Crippen MR) is 148 cm³/mol. The van der Waals surface area contributed by atoms with E-state index in [-0.39, 0.29) is 5.69 Å². The number of ether oxygens (including phenoxy) is 2. The molecule has 0 aliphatic rings. The van der Waals surface area contributed by atoms with Crippen LogP contribution in [0, 0.1) is 0 Å². The van der Waals surface area contributed by atoms with Gasteiger partial charge < -0.3 is 14.8 Å². The molecular weight excluding hydrogens is 595 g/mol. The van der Waals surface area contributed by atoms with Crippen LogP contribution in [0.1, 0.15) is 71.5 Å². The molecule has 3 aromatic rings. The minimum atomic E-state index is -4.89. The van der Waals surface area contributed by atoms with E-state index < -0.39 is 47.0 Å². The summed E-state index contributed by atoms with van der Waals surface area (Å²) in [4.78, 5) is 30.4. The number of benzene rings is 1. The lowest BCUT2D eigenvalue weighted by Crippen LogP contribution is -2.44. The van der Waals surface area contributed by atoms with Crippen LogP contribution in [-0.4, -0.2) is 38.6 Å². The summed E-state index contributed by atoms with van der Waals surface area (Å²) in [7, 11) is 0. The van der Waals surface area contributed by atoms with Crippen LogP contribution >= 0.6 is 15.9 Å². The van der Waals surface area contributed by atoms with Crippen molar-refractivity contribution >= 4 is 50.4 Å². The first-order valence-electron chi connectivity index (χ1n) is 12.3. The molecule has 1 N–H and O–H groups in total. The van der Waals surface area contributed by atoms with Crippen molar-refractivity contribution in [3.8, 4) is 0 Å². The van der Waals surface area contributed by atoms with Gasteiger partial charge in [0.2, 0.25) is 0 Å². The predicted octanol–water partition coefficient (Wildman–Crippen LogP) is 7.79. The van der Waals surface area contributed by atoms with Crippen LogP contribution in [0.15, 0.2) is 36.5 Å². The molecule has 0 aliphatic carbocycles. The lowest BCUT2D eigenvalue weighted by atomic mass is 10.1. The maximum atomic E-state index is 14.0. The normalized spacial score (nSPS) is 13.1. The van der Waals surface area contributed by atoms with Crippen LogP contribution in [0.4, 0.5) is 34.3 Å². The van der Waals surface area contributed by atoms with Gasteiger partial charge in [-0.15, -0.1) is 5.10 Å². The van der Waals surface area contributed by atoms with Crippen molar-refractivity contribution in [3.63, 3.8) is 0 Å². The first kappa shape index (κ1) is 31.1. The zero-order valence-corrected chi connectivity index (χ0v) is 24.8. The second kappa shape index (κ2) is 11.6. The lowest BCUT2D eigenvalue weighted by Gasteiger charge is -2.29. The molecule has 40 heavy (non-hydrogen) atoms. The summed E-state index contributed by atoms with van der Waals surface area (Å²) in [5.74, 6) is 0.324. The molecule has 0 fully saturated rings. The summed E-state index contributed by atoms with van der Waals surface area (Å²) in [6, 6.07) is 6.59. The molecule has 0 aliphatic heterocycles. The summed E-state index contributed by atoms with van der Waals surface area (Å²) < 4.78 is 52.6. The number of carbonyl (C=O) groups excluding carboxylic acids is 2. The van der Waals surface area contributed by atoms with Gasteiger partial charge in [-0.2, -0.15) is 23.2 Å². The van der Waals surface area contributed by atoms with E-state index in [1.165, 1.54) is 6.07 Å². The van der Waals surface area contributed by atoms with Gasteiger partial charge in [-0.1, -0.05) is 28.1 Å². The highest BCUT2D eigenvalue weighted by molar-refractivity contribution is 9.08. The van der Waals surface area contributed by atoms with Gasteiger partial charge in [0.15, 0.2) is 5.82 Å². The Hall–Kier alpha value is -3.48. The molecule has 13 heteroatoms. The molecule has 3 rings (SSSR count). The van der Waals surface area contributed by atoms with E-state index in [1.807, 2.05) is 18.2 Å². The standard InChI is InChI=1S/C27H31BrF3N5O4/c1-15(33-22-19-10-16(13-28)8-9-17(19)14-32-35-22)20-11-18(12-21(34-20)27(29,30)31)36(23(37)39-25(2,3)4)24(38)40-26(5,6)7/h8-12,14-15H,13H2,1-7H3,(H,33,35)/t15-/m1/s1. The molecule has 216 valence electrons. The van der Waals surface area contributed by atoms with Crippen molar-refractivity contribution < 1.29 is 32.2 Å². The van der Waals surface area contributed by atoms with Crippen molar-refractivity contribution in [2.24, 2.45) is 0 Å². The minimum Gasteiger partial charge on any atom is -0.443 e. The molecule has 0 unspecified atom stereocenters. The van der Waals surface area contributed by atoms with Crippen molar-refractivity contribution in [3.05, 3.63) is 53.5 Å². The smallest absolute Gasteiger partial charge is 0.433 e. The molecule has 1 aromatic carbocycles. The number of nitrogens with zero attached hydrogens (tertiary/aromatic N) is 4. The first-order valence-corrected chi connectivity index (χ1v) is 13.4. The molecule has 1 atom stereocenters. The molecule has 0 saturated carbocycles. The number of hydrogen-bond acceptors (Lipinski definition) is 8. The Morgan fingerprint density at radius 3 is 2.12 bits per heavy atom. The largest absolute Gasteiger partial charge is 0.443 e. The SMILES string of the molecule is C[C@@H](Nc1nncc2ccc(CBr)cc12)c1cc(N(C(=O)OC(C)(C)C)C(=O)OC(C)(C)C)cc(C(F)(F)F)n1. The van der Waals surface area contributed by atoms with Gasteiger partial charge >= 0.3 is 18.4 Å². The molecule has 2 heterocycles. The van der Waals surface area contributed by atoms with E-state index in [0.29, 0.717) is 27.5 Å². The number of halogens is 4. The maximum absolute atomic E-state index is 14.0. The lowest BCUT2D eigenvalue weighted by molar-refractivity contribution is -0.141. The minimum absolute atomic E-state index is 0.114. The summed E-state index contributed by atoms with van der Waals surface area (Å²) >= 11 is 3.41. The number of carbonyl (C=O) groups is 2. The Morgan fingerprint density at radius 1 is 1.00 bits per heavy atom. The monoisotopic (exact) mass is 625 g/mol. The number of nitrogens with one attached hydrogen (secondary N) is 1. The van der Waals surface area contributed by atoms with Crippen LogP contribution in [0.5, 0.6) is 0 Å². The number of anilines is 2. The van der Waals surface area contributed by atoms with Gasteiger partial charge in [-0.25, -0.2) is 14.6 Å². The third-order valence-corrected chi connectivity index (χ3v) is 5.86. The third-order valence-electron chi connectivity index (χ3n) is 5.21. The van der Waals surface area contributed by atoms with Gasteiger partial charge in [0.25, 0.3) is 0 Å². The highest BCUT2D eigenvalue weighted by Gasteiger charge is 2.38. The van der Waals surface area contributed by atoms with Crippen LogP contribution < -0.4 is 10.2 Å². The van der Waals surface area contributed by atoms with Gasteiger partial charge in [-0.05, 0) is 72.2 Å². The fourth-order valence-electron chi connectivity index (χ4n) is 3.53. The van der Waals surface area contributed by atoms with Crippen LogP contribution in [-0.2, 0) is 21.0 Å². The second-order valence-electron chi connectivity index (χ2n) is 11.0. The van der Waals surface area contributed by atoms with Gasteiger partial charge in [0.1, 0.15) is 16.9 Å². The Morgan fingerprint density at radius 2 is 1.60 bits per heavy atom. The third kappa shape index (κ3) is 8.03. The van der Waals surface area contributed by atoms with Crippen LogP contribution in [0.3, 0.4) is 0 Å². The number of alkyl halides is 4. The number of fused-ring (bicyclic) bond motifs is 1. The van der Waals surface area contributed by atoms with Gasteiger partial charge in [-0.3, -0.25) is 0 Å². The second-order valence-corrected chi connectivity index (χ2v) is 11.6. The Labute approximate surface area is 238 Å². The highest BCUT2D eigenvalue weighted by atomic mass is 79.9. The first-order chi connectivity index (χ1) is 18.4. The summed E-state index contributed by atoms with van der Waals surface area (Å²) in [6.45, 7) is 11.0. The molecule has 2 amide bonds. The topological polar surface area (TPSA) is 107 Å². The average Bonchev–Trinajstić information content (AvgIpc) is 2.81. The number of rotatable bonds is 5. The van der Waals surface area contributed by atoms with Crippen molar-refractivity contribution in [1.29, 1.82) is 0 Å². The van der Waals surface area contributed by atoms with E-state index in [4.69, 9.17) is 9.47 Å². The summed E-state index contributed by atoms with van der Waals surface area (Å²) in [5.41, 5.74) is -2.97. The van der Waals surface area contributed by atoms with E-state index in [9.17, 15) is 22.8 Å². The van der Waals surface area contributed by atoms with Crippen molar-refractivity contribution in [1.82, 2.24) is 15.2 Å². The molecule has 0 saturated heterocycles. The number of pyridine rings is 1. The Bertz CT molecular complexity index is 1380. The van der Waals surface area contributed by atoms with E-state index in [0.717, 1.165) is 10.9 Å². The van der Waals surface area contributed by atoms with Crippen molar-refractivity contribution in [2.45, 2.75) is 77.2 Å². The highest BCUT2D eigenvalue weighted by Crippen LogP contribution is 2.34. The Balaban J connectivity index is 2.12. The number of aromatic nitrogens is 3. The summed E-state index contributed by atoms with van der Waals surface area (Å²) in [6.07, 6.45) is -5.71. The zero-order chi connectivity index (χ0) is 30.0. The van der Waals surface area contributed by atoms with E-state index >= 15 is 0 Å². The van der Waals surface area contributed by atoms with Crippen molar-refractivity contribution in [2.75, 3.05) is 10.2 Å². The summed E-state index contributed by atoms with van der Waals surface area (Å²) in [5, 5.41) is 13.2. The Kier molecular flexibility index (Phi) is 8.97. The molecule has 2 aromatic heterocycles. The molecule has 0 radical (unpaired) electrons.